The number of fused-ring (bicyclic) bond motifs is 1. The standard InChI is InChI=1S/C25H29N3O5/c1-2-13-31-20-6-3-18(4-7-20)16-28-24(29)15-21(25(28)30)27-11-9-26(10-12-27)19-5-8-22-23(14-19)33-17-32-22/h3-8,14,21H,2,9-13,15-17H2,1H3. The summed E-state index contributed by atoms with van der Waals surface area (Å²) in [6, 6.07) is 13.2. The second-order valence-electron chi connectivity index (χ2n) is 8.59. The summed E-state index contributed by atoms with van der Waals surface area (Å²) in [6.07, 6.45) is 1.20. The van der Waals surface area contributed by atoms with Gasteiger partial charge in [-0.05, 0) is 36.2 Å². The Bertz CT molecular complexity index is 1020. The van der Waals surface area contributed by atoms with Crippen molar-refractivity contribution in [2.75, 3.05) is 44.5 Å². The van der Waals surface area contributed by atoms with Gasteiger partial charge in [0.25, 0.3) is 0 Å². The molecule has 2 aromatic carbocycles. The zero-order chi connectivity index (χ0) is 22.8. The van der Waals surface area contributed by atoms with Crippen LogP contribution in [0.3, 0.4) is 0 Å². The highest BCUT2D eigenvalue weighted by molar-refractivity contribution is 6.05. The summed E-state index contributed by atoms with van der Waals surface area (Å²) in [5, 5.41) is 0. The van der Waals surface area contributed by atoms with Gasteiger partial charge in [-0.3, -0.25) is 19.4 Å². The molecule has 2 aromatic rings. The number of hydrogen-bond donors (Lipinski definition) is 0. The number of amides is 2. The first-order valence-corrected chi connectivity index (χ1v) is 11.6. The largest absolute Gasteiger partial charge is 0.494 e. The van der Waals surface area contributed by atoms with Gasteiger partial charge in [-0.15, -0.1) is 0 Å². The predicted molar refractivity (Wildman–Crippen MR) is 123 cm³/mol. The molecular formula is C25H29N3O5. The first kappa shape index (κ1) is 21.6. The number of nitrogens with zero attached hydrogens (tertiary/aromatic N) is 3. The van der Waals surface area contributed by atoms with Crippen LogP contribution >= 0.6 is 0 Å². The number of ether oxygens (including phenoxy) is 3. The molecule has 1 atom stereocenters. The van der Waals surface area contributed by atoms with E-state index in [1.807, 2.05) is 42.5 Å². The van der Waals surface area contributed by atoms with E-state index in [9.17, 15) is 9.59 Å². The number of hydrogen-bond acceptors (Lipinski definition) is 7. The molecule has 2 amide bonds. The van der Waals surface area contributed by atoms with Crippen LogP contribution in [0.4, 0.5) is 5.69 Å². The molecular weight excluding hydrogens is 422 g/mol. The molecule has 8 nitrogen and oxygen atoms in total. The fourth-order valence-corrected chi connectivity index (χ4v) is 4.58. The molecule has 2 fully saturated rings. The third-order valence-electron chi connectivity index (χ3n) is 6.43. The molecule has 0 aliphatic carbocycles. The van der Waals surface area contributed by atoms with Crippen molar-refractivity contribution in [1.82, 2.24) is 9.80 Å². The minimum absolute atomic E-state index is 0.0946. The van der Waals surface area contributed by atoms with Gasteiger partial charge in [0, 0.05) is 37.9 Å². The van der Waals surface area contributed by atoms with Gasteiger partial charge in [-0.1, -0.05) is 19.1 Å². The number of carbonyl (C=O) groups excluding carboxylic acids is 2. The summed E-state index contributed by atoms with van der Waals surface area (Å²) < 4.78 is 16.5. The monoisotopic (exact) mass is 451 g/mol. The highest BCUT2D eigenvalue weighted by Gasteiger charge is 2.42. The van der Waals surface area contributed by atoms with Crippen LogP contribution in [-0.4, -0.2) is 67.2 Å². The van der Waals surface area contributed by atoms with Crippen LogP contribution in [0, 0.1) is 0 Å². The summed E-state index contributed by atoms with van der Waals surface area (Å²) in [5.41, 5.74) is 2.01. The Balaban J connectivity index is 1.17. The summed E-state index contributed by atoms with van der Waals surface area (Å²) in [7, 11) is 0. The lowest BCUT2D eigenvalue weighted by Gasteiger charge is -2.38. The highest BCUT2D eigenvalue weighted by Crippen LogP contribution is 2.36. The van der Waals surface area contributed by atoms with Crippen molar-refractivity contribution >= 4 is 17.5 Å². The third-order valence-corrected chi connectivity index (χ3v) is 6.43. The van der Waals surface area contributed by atoms with Crippen LogP contribution in [-0.2, 0) is 16.1 Å². The molecule has 0 bridgehead atoms. The van der Waals surface area contributed by atoms with Crippen LogP contribution in [0.2, 0.25) is 0 Å². The van der Waals surface area contributed by atoms with Crippen molar-refractivity contribution in [3.63, 3.8) is 0 Å². The molecule has 0 radical (unpaired) electrons. The maximum atomic E-state index is 13.1. The first-order valence-electron chi connectivity index (χ1n) is 11.6. The van der Waals surface area contributed by atoms with Crippen LogP contribution in [0.5, 0.6) is 17.2 Å². The Kier molecular flexibility index (Phi) is 6.09. The van der Waals surface area contributed by atoms with E-state index >= 15 is 0 Å². The molecule has 33 heavy (non-hydrogen) atoms. The Morgan fingerprint density at radius 2 is 1.73 bits per heavy atom. The summed E-state index contributed by atoms with van der Waals surface area (Å²) in [5.74, 6) is 2.15. The Morgan fingerprint density at radius 1 is 0.970 bits per heavy atom. The van der Waals surface area contributed by atoms with Crippen molar-refractivity contribution in [2.24, 2.45) is 0 Å². The molecule has 174 valence electrons. The molecule has 3 aliphatic rings. The van der Waals surface area contributed by atoms with Crippen LogP contribution in [0.1, 0.15) is 25.3 Å². The van der Waals surface area contributed by atoms with E-state index in [-0.39, 0.29) is 31.1 Å². The van der Waals surface area contributed by atoms with Crippen LogP contribution < -0.4 is 19.1 Å². The van der Waals surface area contributed by atoms with Gasteiger partial charge in [-0.25, -0.2) is 0 Å². The molecule has 5 rings (SSSR count). The van der Waals surface area contributed by atoms with Crippen LogP contribution in [0.15, 0.2) is 42.5 Å². The normalized spacial score (nSPS) is 20.6. The fraction of sp³-hybridized carbons (Fsp3) is 0.440. The molecule has 2 saturated heterocycles. The zero-order valence-electron chi connectivity index (χ0n) is 18.9. The average molecular weight is 452 g/mol. The van der Waals surface area contributed by atoms with Crippen molar-refractivity contribution in [1.29, 1.82) is 0 Å². The van der Waals surface area contributed by atoms with Crippen LogP contribution in [0.25, 0.3) is 0 Å². The molecule has 0 aromatic heterocycles. The molecule has 3 heterocycles. The number of imide groups is 1. The summed E-state index contributed by atoms with van der Waals surface area (Å²) in [6.45, 7) is 6.34. The third kappa shape index (κ3) is 4.48. The maximum absolute atomic E-state index is 13.1. The van der Waals surface area contributed by atoms with Gasteiger partial charge < -0.3 is 19.1 Å². The van der Waals surface area contributed by atoms with E-state index in [4.69, 9.17) is 14.2 Å². The molecule has 1 unspecified atom stereocenters. The van der Waals surface area contributed by atoms with E-state index < -0.39 is 0 Å². The topological polar surface area (TPSA) is 71.6 Å². The van der Waals surface area contributed by atoms with Crippen molar-refractivity contribution in [3.05, 3.63) is 48.0 Å². The molecule has 0 N–H and O–H groups in total. The first-order chi connectivity index (χ1) is 16.1. The van der Waals surface area contributed by atoms with Gasteiger partial charge in [0.2, 0.25) is 18.6 Å². The van der Waals surface area contributed by atoms with Crippen molar-refractivity contribution in [3.8, 4) is 17.2 Å². The van der Waals surface area contributed by atoms with Gasteiger partial charge in [-0.2, -0.15) is 0 Å². The Morgan fingerprint density at radius 3 is 2.48 bits per heavy atom. The van der Waals surface area contributed by atoms with E-state index in [1.165, 1.54) is 4.90 Å². The van der Waals surface area contributed by atoms with E-state index in [0.29, 0.717) is 13.2 Å². The van der Waals surface area contributed by atoms with Gasteiger partial charge in [0.1, 0.15) is 5.75 Å². The number of benzene rings is 2. The lowest BCUT2D eigenvalue weighted by Crippen LogP contribution is -2.52. The SMILES string of the molecule is CCCOc1ccc(CN2C(=O)CC(N3CCN(c4ccc5c(c4)OCO5)CC3)C2=O)cc1. The quantitative estimate of drug-likeness (QED) is 0.600. The second-order valence-corrected chi connectivity index (χ2v) is 8.59. The zero-order valence-corrected chi connectivity index (χ0v) is 18.9. The molecule has 8 heteroatoms. The summed E-state index contributed by atoms with van der Waals surface area (Å²) in [4.78, 5) is 31.6. The molecule has 0 spiro atoms. The average Bonchev–Trinajstić information content (AvgIpc) is 3.43. The predicted octanol–water partition coefficient (Wildman–Crippen LogP) is 2.65. The van der Waals surface area contributed by atoms with Gasteiger partial charge in [0.15, 0.2) is 11.5 Å². The lowest BCUT2D eigenvalue weighted by molar-refractivity contribution is -0.140. The van der Waals surface area contributed by atoms with Gasteiger partial charge in [0.05, 0.1) is 25.6 Å². The highest BCUT2D eigenvalue weighted by atomic mass is 16.7. The minimum atomic E-state index is -0.372. The smallest absolute Gasteiger partial charge is 0.247 e. The van der Waals surface area contributed by atoms with Gasteiger partial charge >= 0.3 is 0 Å². The number of rotatable bonds is 7. The number of anilines is 1. The van der Waals surface area contributed by atoms with E-state index in [0.717, 1.165) is 61.1 Å². The number of likely N-dealkylation sites (tertiary alicyclic amines) is 1. The summed E-state index contributed by atoms with van der Waals surface area (Å²) >= 11 is 0. The number of piperazine rings is 1. The van der Waals surface area contributed by atoms with E-state index in [2.05, 4.69) is 16.7 Å². The lowest BCUT2D eigenvalue weighted by atomic mass is 10.1. The fourth-order valence-electron chi connectivity index (χ4n) is 4.58. The Hall–Kier alpha value is -3.26. The molecule has 3 aliphatic heterocycles. The second kappa shape index (κ2) is 9.31. The number of carbonyl (C=O) groups is 2. The van der Waals surface area contributed by atoms with Crippen molar-refractivity contribution < 1.29 is 23.8 Å². The Labute approximate surface area is 193 Å². The maximum Gasteiger partial charge on any atom is 0.247 e. The van der Waals surface area contributed by atoms with E-state index in [1.54, 1.807) is 0 Å². The minimum Gasteiger partial charge on any atom is -0.494 e. The molecule has 0 saturated carbocycles. The van der Waals surface area contributed by atoms with Crippen molar-refractivity contribution in [2.45, 2.75) is 32.4 Å².